The highest BCUT2D eigenvalue weighted by atomic mass is 16.5. The second-order valence-corrected chi connectivity index (χ2v) is 3.32. The Morgan fingerprint density at radius 3 is 3.11 bits per heavy atom. The average Bonchev–Trinajstić information content (AvgIpc) is 2.90. The van der Waals surface area contributed by atoms with Gasteiger partial charge in [0, 0.05) is 6.20 Å². The van der Waals surface area contributed by atoms with Crippen LogP contribution < -0.4 is 4.74 Å². The van der Waals surface area contributed by atoms with Crippen molar-refractivity contribution in [3.8, 4) is 5.75 Å². The van der Waals surface area contributed by atoms with E-state index >= 15 is 0 Å². The minimum atomic E-state index is -0.506. The van der Waals surface area contributed by atoms with Crippen LogP contribution in [-0.2, 0) is 11.3 Å². The number of rotatable bonds is 5. The first-order chi connectivity index (χ1) is 8.81. The number of hydrogen-bond donors (Lipinski definition) is 1. The zero-order valence-corrected chi connectivity index (χ0v) is 9.79. The molecule has 0 amide bonds. The number of pyridine rings is 1. The molecular formula is C11H12N4O3. The molecule has 0 aromatic carbocycles. The zero-order valence-electron chi connectivity index (χ0n) is 9.79. The van der Waals surface area contributed by atoms with Gasteiger partial charge in [0.25, 0.3) is 0 Å². The first-order valence-corrected chi connectivity index (χ1v) is 5.41. The summed E-state index contributed by atoms with van der Waals surface area (Å²) in [4.78, 5) is 15.6. The predicted molar refractivity (Wildman–Crippen MR) is 60.9 cm³/mol. The van der Waals surface area contributed by atoms with Crippen molar-refractivity contribution < 1.29 is 14.3 Å². The molecule has 7 heteroatoms. The van der Waals surface area contributed by atoms with Crippen LogP contribution in [0.5, 0.6) is 5.75 Å². The Morgan fingerprint density at radius 2 is 2.39 bits per heavy atom. The standard InChI is InChI=1S/C11H12N4O3/c1-2-17-11(16)10-9(4-3-5-12-10)18-7-8-6-13-15-14-8/h3-6H,2,7H2,1H3,(H,13,14,15). The van der Waals surface area contributed by atoms with Crippen molar-refractivity contribution in [2.75, 3.05) is 6.61 Å². The summed E-state index contributed by atoms with van der Waals surface area (Å²) in [5, 5.41) is 9.98. The van der Waals surface area contributed by atoms with Crippen LogP contribution in [0.15, 0.2) is 24.5 Å². The number of esters is 1. The fourth-order valence-corrected chi connectivity index (χ4v) is 1.31. The molecule has 18 heavy (non-hydrogen) atoms. The van der Waals surface area contributed by atoms with E-state index in [1.54, 1.807) is 25.3 Å². The molecule has 0 saturated heterocycles. The minimum Gasteiger partial charge on any atom is -0.485 e. The second-order valence-electron chi connectivity index (χ2n) is 3.32. The summed E-state index contributed by atoms with van der Waals surface area (Å²) in [5.74, 6) is -0.146. The molecule has 0 bridgehead atoms. The summed E-state index contributed by atoms with van der Waals surface area (Å²) in [7, 11) is 0. The lowest BCUT2D eigenvalue weighted by molar-refractivity contribution is 0.0513. The highest BCUT2D eigenvalue weighted by Gasteiger charge is 2.15. The lowest BCUT2D eigenvalue weighted by Gasteiger charge is -2.08. The number of H-pyrrole nitrogens is 1. The van der Waals surface area contributed by atoms with E-state index in [-0.39, 0.29) is 18.9 Å². The Labute approximate surface area is 103 Å². The monoisotopic (exact) mass is 248 g/mol. The summed E-state index contributed by atoms with van der Waals surface area (Å²) in [6.45, 7) is 2.23. The van der Waals surface area contributed by atoms with Gasteiger partial charge in [0.2, 0.25) is 0 Å². The molecule has 0 unspecified atom stereocenters. The molecule has 1 N–H and O–H groups in total. The van der Waals surface area contributed by atoms with Gasteiger partial charge in [-0.05, 0) is 19.1 Å². The Balaban J connectivity index is 2.09. The van der Waals surface area contributed by atoms with Crippen molar-refractivity contribution in [2.45, 2.75) is 13.5 Å². The van der Waals surface area contributed by atoms with E-state index in [0.717, 1.165) is 0 Å². The largest absolute Gasteiger partial charge is 0.485 e. The summed E-state index contributed by atoms with van der Waals surface area (Å²) >= 11 is 0. The highest BCUT2D eigenvalue weighted by molar-refractivity contribution is 5.90. The quantitative estimate of drug-likeness (QED) is 0.792. The van der Waals surface area contributed by atoms with E-state index in [0.29, 0.717) is 11.4 Å². The van der Waals surface area contributed by atoms with Gasteiger partial charge in [-0.25, -0.2) is 9.78 Å². The smallest absolute Gasteiger partial charge is 0.360 e. The van der Waals surface area contributed by atoms with Crippen LogP contribution in [0.1, 0.15) is 23.1 Å². The maximum atomic E-state index is 11.6. The van der Waals surface area contributed by atoms with Gasteiger partial charge in [-0.2, -0.15) is 15.4 Å². The van der Waals surface area contributed by atoms with Crippen molar-refractivity contribution >= 4 is 5.97 Å². The molecule has 0 atom stereocenters. The number of carbonyl (C=O) groups excluding carboxylic acids is 1. The molecule has 0 aliphatic heterocycles. The molecular weight excluding hydrogens is 236 g/mol. The van der Waals surface area contributed by atoms with Gasteiger partial charge in [-0.15, -0.1) is 0 Å². The SMILES string of the molecule is CCOC(=O)c1ncccc1OCc1cn[nH]n1. The van der Waals surface area contributed by atoms with Gasteiger partial charge in [-0.3, -0.25) is 0 Å². The number of aromatic nitrogens is 4. The fraction of sp³-hybridized carbons (Fsp3) is 0.273. The second kappa shape index (κ2) is 5.76. The van der Waals surface area contributed by atoms with Crippen LogP contribution in [-0.4, -0.2) is 33.0 Å². The lowest BCUT2D eigenvalue weighted by Crippen LogP contribution is -2.10. The number of nitrogens with zero attached hydrogens (tertiary/aromatic N) is 3. The third kappa shape index (κ3) is 2.82. The number of aromatic amines is 1. The molecule has 7 nitrogen and oxygen atoms in total. The van der Waals surface area contributed by atoms with Crippen LogP contribution in [0.4, 0.5) is 0 Å². The first-order valence-electron chi connectivity index (χ1n) is 5.41. The predicted octanol–water partition coefficient (Wildman–Crippen LogP) is 0.955. The van der Waals surface area contributed by atoms with Crippen molar-refractivity contribution in [1.29, 1.82) is 0 Å². The highest BCUT2D eigenvalue weighted by Crippen LogP contribution is 2.17. The van der Waals surface area contributed by atoms with Crippen LogP contribution in [0, 0.1) is 0 Å². The van der Waals surface area contributed by atoms with Gasteiger partial charge in [0.05, 0.1) is 12.8 Å². The Bertz CT molecular complexity index is 513. The Hall–Kier alpha value is -2.44. The van der Waals surface area contributed by atoms with Crippen LogP contribution >= 0.6 is 0 Å². The number of ether oxygens (including phenoxy) is 2. The van der Waals surface area contributed by atoms with Crippen LogP contribution in [0.25, 0.3) is 0 Å². The summed E-state index contributed by atoms with van der Waals surface area (Å²) < 4.78 is 10.4. The van der Waals surface area contributed by atoms with Crippen molar-refractivity contribution in [3.05, 3.63) is 35.9 Å². The van der Waals surface area contributed by atoms with Gasteiger partial charge < -0.3 is 9.47 Å². The molecule has 94 valence electrons. The molecule has 0 aliphatic carbocycles. The maximum Gasteiger partial charge on any atom is 0.360 e. The third-order valence-corrected chi connectivity index (χ3v) is 2.08. The van der Waals surface area contributed by atoms with E-state index in [9.17, 15) is 4.79 Å². The summed E-state index contributed by atoms with van der Waals surface area (Å²) in [6, 6.07) is 3.33. The Morgan fingerprint density at radius 1 is 1.50 bits per heavy atom. The van der Waals surface area contributed by atoms with Gasteiger partial charge in [0.1, 0.15) is 12.3 Å². The minimum absolute atomic E-state index is 0.155. The first kappa shape index (κ1) is 12.0. The zero-order chi connectivity index (χ0) is 12.8. The maximum absolute atomic E-state index is 11.6. The number of carbonyl (C=O) groups is 1. The Kier molecular flexibility index (Phi) is 3.85. The molecule has 2 aromatic rings. The van der Waals surface area contributed by atoms with Crippen LogP contribution in [0.2, 0.25) is 0 Å². The summed E-state index contributed by atoms with van der Waals surface area (Å²) in [6.07, 6.45) is 3.05. The molecule has 0 spiro atoms. The van der Waals surface area contributed by atoms with Crippen molar-refractivity contribution in [3.63, 3.8) is 0 Å². The third-order valence-electron chi connectivity index (χ3n) is 2.08. The van der Waals surface area contributed by atoms with Crippen LogP contribution in [0.3, 0.4) is 0 Å². The molecule has 2 rings (SSSR count). The molecule has 2 heterocycles. The van der Waals surface area contributed by atoms with Gasteiger partial charge in [-0.1, -0.05) is 0 Å². The van der Waals surface area contributed by atoms with E-state index in [1.807, 2.05) is 0 Å². The molecule has 2 aromatic heterocycles. The lowest BCUT2D eigenvalue weighted by atomic mass is 10.3. The number of nitrogens with one attached hydrogen (secondary N) is 1. The normalized spacial score (nSPS) is 10.1. The van der Waals surface area contributed by atoms with E-state index in [2.05, 4.69) is 20.4 Å². The molecule has 0 radical (unpaired) electrons. The molecule has 0 aliphatic rings. The van der Waals surface area contributed by atoms with Gasteiger partial charge >= 0.3 is 5.97 Å². The van der Waals surface area contributed by atoms with E-state index in [4.69, 9.17) is 9.47 Å². The topological polar surface area (TPSA) is 90.0 Å². The van der Waals surface area contributed by atoms with E-state index < -0.39 is 5.97 Å². The van der Waals surface area contributed by atoms with Gasteiger partial charge in [0.15, 0.2) is 11.4 Å². The molecule has 0 fully saturated rings. The number of hydrogen-bond acceptors (Lipinski definition) is 6. The average molecular weight is 248 g/mol. The fourth-order valence-electron chi connectivity index (χ4n) is 1.31. The van der Waals surface area contributed by atoms with Crippen molar-refractivity contribution in [1.82, 2.24) is 20.4 Å². The van der Waals surface area contributed by atoms with E-state index in [1.165, 1.54) is 6.20 Å². The molecule has 0 saturated carbocycles. The van der Waals surface area contributed by atoms with Crippen molar-refractivity contribution in [2.24, 2.45) is 0 Å². The summed E-state index contributed by atoms with van der Waals surface area (Å²) in [5.41, 5.74) is 0.788.